The Hall–Kier alpha value is -1.63. The molecular weight excluding hydrogens is 272 g/mol. The maximum Gasteiger partial charge on any atom is 0.331 e. The molecule has 0 aromatic rings. The Labute approximate surface area is 126 Å². The summed E-state index contributed by atoms with van der Waals surface area (Å²) in [6, 6.07) is 0. The highest BCUT2D eigenvalue weighted by Crippen LogP contribution is 2.17. The highest BCUT2D eigenvalue weighted by Gasteiger charge is 2.40. The Kier molecular flexibility index (Phi) is 9.36. The molecule has 0 heterocycles. The molecule has 122 valence electrons. The summed E-state index contributed by atoms with van der Waals surface area (Å²) in [7, 11) is 0. The van der Waals surface area contributed by atoms with Crippen molar-refractivity contribution in [3.63, 3.8) is 0 Å². The predicted molar refractivity (Wildman–Crippen MR) is 82.8 cm³/mol. The van der Waals surface area contributed by atoms with E-state index in [1.807, 2.05) is 0 Å². The van der Waals surface area contributed by atoms with E-state index in [0.29, 0.717) is 12.8 Å². The van der Waals surface area contributed by atoms with Crippen LogP contribution in [0.2, 0.25) is 0 Å². The van der Waals surface area contributed by atoms with Gasteiger partial charge in [-0.3, -0.25) is 9.79 Å². The summed E-state index contributed by atoms with van der Waals surface area (Å²) in [5.74, 6) is -1.77. The Morgan fingerprint density at radius 1 is 1.10 bits per heavy atom. The van der Waals surface area contributed by atoms with Crippen LogP contribution in [0, 0.1) is 0 Å². The van der Waals surface area contributed by atoms with E-state index in [-0.39, 0.29) is 25.3 Å². The molecular formula is C14H28N4O3. The van der Waals surface area contributed by atoms with Gasteiger partial charge in [-0.25, -0.2) is 4.79 Å². The van der Waals surface area contributed by atoms with Crippen LogP contribution in [0.1, 0.15) is 58.3 Å². The quantitative estimate of drug-likeness (QED) is 0.181. The molecule has 1 atom stereocenters. The monoisotopic (exact) mass is 300 g/mol. The van der Waals surface area contributed by atoms with Crippen LogP contribution in [-0.4, -0.2) is 34.9 Å². The number of ketones is 1. The summed E-state index contributed by atoms with van der Waals surface area (Å²) < 4.78 is 0. The summed E-state index contributed by atoms with van der Waals surface area (Å²) in [6.45, 7) is 2.37. The number of unbranched alkanes of at least 4 members (excludes halogenated alkanes) is 4. The van der Waals surface area contributed by atoms with Gasteiger partial charge < -0.3 is 22.3 Å². The van der Waals surface area contributed by atoms with Gasteiger partial charge in [0, 0.05) is 13.0 Å². The Bertz CT molecular complexity index is 367. The van der Waals surface area contributed by atoms with Crippen LogP contribution < -0.4 is 17.2 Å². The van der Waals surface area contributed by atoms with E-state index >= 15 is 0 Å². The zero-order valence-corrected chi connectivity index (χ0v) is 12.8. The molecule has 0 saturated heterocycles. The number of Topliss-reactive ketones (excluding diaryl/α,β-unsaturated/α-hetero) is 1. The lowest BCUT2D eigenvalue weighted by atomic mass is 9.87. The van der Waals surface area contributed by atoms with E-state index < -0.39 is 17.3 Å². The van der Waals surface area contributed by atoms with Crippen molar-refractivity contribution < 1.29 is 14.7 Å². The van der Waals surface area contributed by atoms with Gasteiger partial charge in [-0.2, -0.15) is 0 Å². The topological polar surface area (TPSA) is 145 Å². The van der Waals surface area contributed by atoms with E-state index in [2.05, 4.69) is 11.9 Å². The lowest BCUT2D eigenvalue weighted by molar-refractivity contribution is -0.148. The van der Waals surface area contributed by atoms with E-state index in [4.69, 9.17) is 17.2 Å². The van der Waals surface area contributed by atoms with Crippen molar-refractivity contribution in [2.24, 2.45) is 22.2 Å². The van der Waals surface area contributed by atoms with Crippen LogP contribution in [0.4, 0.5) is 0 Å². The second-order valence-electron chi connectivity index (χ2n) is 5.27. The van der Waals surface area contributed by atoms with Crippen LogP contribution in [0.25, 0.3) is 0 Å². The zero-order valence-electron chi connectivity index (χ0n) is 12.8. The molecule has 7 N–H and O–H groups in total. The Balaban J connectivity index is 4.32. The molecule has 0 aliphatic rings. The minimum absolute atomic E-state index is 0.0346. The van der Waals surface area contributed by atoms with Gasteiger partial charge >= 0.3 is 5.97 Å². The molecule has 0 aliphatic heterocycles. The molecule has 7 nitrogen and oxygen atoms in total. The highest BCUT2D eigenvalue weighted by molar-refractivity contribution is 6.07. The first-order valence-electron chi connectivity index (χ1n) is 7.45. The van der Waals surface area contributed by atoms with Gasteiger partial charge in [0.05, 0.1) is 0 Å². The third kappa shape index (κ3) is 7.65. The first-order valence-corrected chi connectivity index (χ1v) is 7.45. The molecule has 0 aromatic heterocycles. The summed E-state index contributed by atoms with van der Waals surface area (Å²) in [6.07, 6.45) is 5.49. The third-order valence-electron chi connectivity index (χ3n) is 3.41. The van der Waals surface area contributed by atoms with E-state index in [1.54, 1.807) is 0 Å². The molecule has 0 unspecified atom stereocenters. The minimum atomic E-state index is -1.83. The van der Waals surface area contributed by atoms with Crippen LogP contribution >= 0.6 is 0 Å². The largest absolute Gasteiger partial charge is 0.480 e. The number of guanidine groups is 1. The van der Waals surface area contributed by atoms with Gasteiger partial charge in [0.15, 0.2) is 17.3 Å². The molecule has 0 spiro atoms. The summed E-state index contributed by atoms with van der Waals surface area (Å²) in [5.41, 5.74) is 14.3. The Morgan fingerprint density at radius 2 is 1.71 bits per heavy atom. The van der Waals surface area contributed by atoms with Gasteiger partial charge in [-0.1, -0.05) is 32.6 Å². The molecule has 0 aliphatic carbocycles. The number of carbonyl (C=O) groups excluding carboxylic acids is 1. The van der Waals surface area contributed by atoms with Crippen LogP contribution in [0.5, 0.6) is 0 Å². The van der Waals surface area contributed by atoms with Crippen molar-refractivity contribution in [1.82, 2.24) is 0 Å². The number of carboxylic acid groups (broad SMARTS) is 1. The van der Waals surface area contributed by atoms with E-state index in [0.717, 1.165) is 25.7 Å². The second-order valence-corrected chi connectivity index (χ2v) is 5.27. The first kappa shape index (κ1) is 19.4. The van der Waals surface area contributed by atoms with Gasteiger partial charge in [0.1, 0.15) is 0 Å². The fourth-order valence-electron chi connectivity index (χ4n) is 2.04. The highest BCUT2D eigenvalue weighted by atomic mass is 16.4. The minimum Gasteiger partial charge on any atom is -0.480 e. The number of nitrogens with zero attached hydrogens (tertiary/aromatic N) is 1. The third-order valence-corrected chi connectivity index (χ3v) is 3.41. The van der Waals surface area contributed by atoms with Crippen molar-refractivity contribution >= 4 is 17.7 Å². The van der Waals surface area contributed by atoms with Crippen LogP contribution in [-0.2, 0) is 9.59 Å². The summed E-state index contributed by atoms with van der Waals surface area (Å²) in [5, 5.41) is 9.22. The van der Waals surface area contributed by atoms with Crippen LogP contribution in [0.3, 0.4) is 0 Å². The molecule has 0 saturated carbocycles. The number of nitrogens with two attached hydrogens (primary N) is 3. The molecule has 0 radical (unpaired) electrons. The summed E-state index contributed by atoms with van der Waals surface area (Å²) >= 11 is 0. The molecule has 0 fully saturated rings. The van der Waals surface area contributed by atoms with Crippen molar-refractivity contribution in [2.45, 2.75) is 63.8 Å². The number of hydrogen-bond donors (Lipinski definition) is 4. The number of aliphatic imine (C=N–C) groups is 1. The molecule has 7 heteroatoms. The standard InChI is InChI=1S/C14H28N4O3/c1-2-3-4-5-6-8-11(19)14(17,12(20)21)9-7-10-18-13(15)16/h2-10,17H2,1H3,(H,20,21)(H4,15,16,18)/t14-/m1/s1. The maximum absolute atomic E-state index is 12.1. The lowest BCUT2D eigenvalue weighted by Gasteiger charge is -2.22. The van der Waals surface area contributed by atoms with Gasteiger partial charge in [0.2, 0.25) is 0 Å². The maximum atomic E-state index is 12.1. The normalized spacial score (nSPS) is 13.4. The van der Waals surface area contributed by atoms with Crippen molar-refractivity contribution in [3.05, 3.63) is 0 Å². The first-order chi connectivity index (χ1) is 9.84. The van der Waals surface area contributed by atoms with E-state index in [9.17, 15) is 14.7 Å². The number of carbonyl (C=O) groups is 2. The van der Waals surface area contributed by atoms with Crippen molar-refractivity contribution in [1.29, 1.82) is 0 Å². The average Bonchev–Trinajstić information content (AvgIpc) is 2.42. The fraction of sp³-hybridized carbons (Fsp3) is 0.786. The second kappa shape index (κ2) is 10.1. The number of carboxylic acids is 1. The zero-order chi connectivity index (χ0) is 16.3. The number of rotatable bonds is 12. The van der Waals surface area contributed by atoms with Crippen LogP contribution in [0.15, 0.2) is 4.99 Å². The summed E-state index contributed by atoms with van der Waals surface area (Å²) in [4.78, 5) is 27.1. The Morgan fingerprint density at radius 3 is 2.24 bits per heavy atom. The van der Waals surface area contributed by atoms with Gasteiger partial charge in [0.25, 0.3) is 0 Å². The molecule has 0 amide bonds. The smallest absolute Gasteiger partial charge is 0.331 e. The fourth-order valence-corrected chi connectivity index (χ4v) is 2.04. The molecule has 0 aromatic carbocycles. The predicted octanol–water partition coefficient (Wildman–Crippen LogP) is 0.752. The average molecular weight is 300 g/mol. The van der Waals surface area contributed by atoms with Gasteiger partial charge in [-0.15, -0.1) is 0 Å². The SMILES string of the molecule is CCCCCCCC(=O)[C@](N)(CCCN=C(N)N)C(=O)O. The molecule has 0 bridgehead atoms. The number of aliphatic carboxylic acids is 1. The van der Waals surface area contributed by atoms with E-state index in [1.165, 1.54) is 0 Å². The lowest BCUT2D eigenvalue weighted by Crippen LogP contribution is -2.55. The molecule has 0 rings (SSSR count). The van der Waals surface area contributed by atoms with Crippen molar-refractivity contribution in [3.8, 4) is 0 Å². The molecule has 21 heavy (non-hydrogen) atoms. The van der Waals surface area contributed by atoms with Gasteiger partial charge in [-0.05, 0) is 19.3 Å². The van der Waals surface area contributed by atoms with Crippen molar-refractivity contribution in [2.75, 3.05) is 6.54 Å². The number of hydrogen-bond acceptors (Lipinski definition) is 4.